The minimum Gasteiger partial charge on any atom is -0.393 e. The summed E-state index contributed by atoms with van der Waals surface area (Å²) in [6.45, 7) is 9.44. The van der Waals surface area contributed by atoms with Gasteiger partial charge in [0.15, 0.2) is 0 Å². The number of nitrogens with one attached hydrogen (secondary N) is 1. The Labute approximate surface area is 273 Å². The number of carbonyl (C=O) groups excluding carboxylic acids is 2. The number of carbonyl (C=O) groups is 2. The maximum Gasteiger partial charge on any atom is 0.242 e. The van der Waals surface area contributed by atoms with Gasteiger partial charge in [-0.05, 0) is 110 Å². The Morgan fingerprint density at radius 3 is 2.47 bits per heavy atom. The lowest BCUT2D eigenvalue weighted by Gasteiger charge is -2.63. The maximum absolute atomic E-state index is 12.9. The number of aliphatic hydroxyl groups is 3. The van der Waals surface area contributed by atoms with E-state index in [2.05, 4.69) is 31.0 Å². The van der Waals surface area contributed by atoms with Crippen molar-refractivity contribution in [2.24, 2.45) is 46.3 Å². The Kier molecular flexibility index (Phi) is 9.52. The fraction of sp³-hybridized carbons (Fsp3) is 0.778. The van der Waals surface area contributed by atoms with Crippen LogP contribution in [0.3, 0.4) is 0 Å². The van der Waals surface area contributed by atoms with Crippen molar-refractivity contribution >= 4 is 29.1 Å². The molecule has 45 heavy (non-hydrogen) atoms. The first-order valence-electron chi connectivity index (χ1n) is 17.5. The molecular weight excluding hydrogens is 590 g/mol. The van der Waals surface area contributed by atoms with Crippen LogP contribution < -0.4 is 10.2 Å². The summed E-state index contributed by atoms with van der Waals surface area (Å²) in [5.41, 5.74) is 0.769. The molecule has 1 heterocycles. The van der Waals surface area contributed by atoms with Crippen molar-refractivity contribution in [2.75, 3.05) is 37.6 Å². The van der Waals surface area contributed by atoms with Gasteiger partial charge in [0.25, 0.3) is 0 Å². The van der Waals surface area contributed by atoms with Gasteiger partial charge in [0, 0.05) is 32.6 Å². The van der Waals surface area contributed by atoms with Crippen LogP contribution >= 0.6 is 11.6 Å². The average Bonchev–Trinajstić information content (AvgIpc) is 3.38. The molecule has 0 radical (unpaired) electrons. The number of hydrogen-bond acceptors (Lipinski definition) is 6. The molecule has 8 nitrogen and oxygen atoms in total. The lowest BCUT2D eigenvalue weighted by Crippen LogP contribution is -2.62. The molecule has 4 aliphatic carbocycles. The first-order chi connectivity index (χ1) is 21.4. The zero-order chi connectivity index (χ0) is 32.1. The molecule has 2 amide bonds. The summed E-state index contributed by atoms with van der Waals surface area (Å²) in [5, 5.41) is 37.3. The Morgan fingerprint density at radius 2 is 1.73 bits per heavy atom. The molecule has 1 saturated heterocycles. The highest BCUT2D eigenvalue weighted by Gasteiger charge is 2.65. The number of amides is 2. The Hall–Kier alpha value is -1.87. The van der Waals surface area contributed by atoms with Gasteiger partial charge >= 0.3 is 0 Å². The van der Waals surface area contributed by atoms with Crippen LogP contribution in [0.5, 0.6) is 0 Å². The maximum atomic E-state index is 12.9. The molecule has 1 aromatic carbocycles. The predicted molar refractivity (Wildman–Crippen MR) is 176 cm³/mol. The van der Waals surface area contributed by atoms with E-state index < -0.39 is 6.10 Å². The van der Waals surface area contributed by atoms with Crippen LogP contribution in [0.4, 0.5) is 5.69 Å². The topological polar surface area (TPSA) is 113 Å². The summed E-state index contributed by atoms with van der Waals surface area (Å²) in [5.74, 6) is 1.42. The molecule has 250 valence electrons. The van der Waals surface area contributed by atoms with Crippen molar-refractivity contribution in [1.29, 1.82) is 0 Å². The minimum atomic E-state index is -0.432. The third-order valence-electron chi connectivity index (χ3n) is 13.6. The number of fused-ring (bicyclic) bond motifs is 5. The molecule has 0 bridgehead atoms. The molecule has 11 atom stereocenters. The van der Waals surface area contributed by atoms with Crippen LogP contribution in [0.2, 0.25) is 5.02 Å². The number of para-hydroxylation sites is 1. The highest BCUT2D eigenvalue weighted by Crippen LogP contribution is 2.68. The van der Waals surface area contributed by atoms with Crippen molar-refractivity contribution < 1.29 is 24.9 Å². The summed E-state index contributed by atoms with van der Waals surface area (Å²) in [4.78, 5) is 29.7. The van der Waals surface area contributed by atoms with E-state index in [0.29, 0.717) is 50.0 Å². The molecule has 0 spiro atoms. The van der Waals surface area contributed by atoms with Gasteiger partial charge in [0.2, 0.25) is 11.8 Å². The molecule has 0 unspecified atom stereocenters. The molecule has 6 rings (SSSR count). The van der Waals surface area contributed by atoms with Crippen LogP contribution in [0, 0.1) is 46.3 Å². The lowest BCUT2D eigenvalue weighted by molar-refractivity contribution is -0.207. The third-order valence-corrected chi connectivity index (χ3v) is 13.9. The summed E-state index contributed by atoms with van der Waals surface area (Å²) in [6.07, 6.45) is 6.04. The molecule has 5 fully saturated rings. The fourth-order valence-corrected chi connectivity index (χ4v) is 11.2. The molecule has 1 aromatic rings. The first-order valence-corrected chi connectivity index (χ1v) is 17.9. The monoisotopic (exact) mass is 643 g/mol. The first kappa shape index (κ1) is 33.0. The standard InChI is InChI=1S/C36H54ClN3O5/c1-22(8-11-32(44)38-21-33(45)40-16-14-39(15-17-40)29-7-5-4-6-28(29)37)25-9-10-26-34-27(20-31(43)36(25,26)3)35(2)13-12-24(41)18-23(35)19-30(34)42/h4-7,22-27,30-31,34,41-43H,8-21H2,1-3H3,(H,38,44)/t22-,23+,24-,25-,26+,27+,30-,31+,34+,35+,36-/m1/s1. The van der Waals surface area contributed by atoms with Gasteiger partial charge in [0.1, 0.15) is 0 Å². The van der Waals surface area contributed by atoms with Gasteiger partial charge in [-0.1, -0.05) is 44.5 Å². The minimum absolute atomic E-state index is 0.0129. The zero-order valence-corrected chi connectivity index (χ0v) is 28.1. The molecule has 1 aliphatic heterocycles. The average molecular weight is 644 g/mol. The highest BCUT2D eigenvalue weighted by atomic mass is 35.5. The molecule has 5 aliphatic rings. The number of benzene rings is 1. The smallest absolute Gasteiger partial charge is 0.242 e. The Balaban J connectivity index is 0.995. The number of nitrogens with zero attached hydrogens (tertiary/aromatic N) is 2. The lowest BCUT2D eigenvalue weighted by atomic mass is 9.43. The summed E-state index contributed by atoms with van der Waals surface area (Å²) >= 11 is 6.35. The van der Waals surface area contributed by atoms with Gasteiger partial charge in [-0.3, -0.25) is 9.59 Å². The largest absolute Gasteiger partial charge is 0.393 e. The van der Waals surface area contributed by atoms with Crippen molar-refractivity contribution in [3.63, 3.8) is 0 Å². The van der Waals surface area contributed by atoms with Crippen molar-refractivity contribution in [3.8, 4) is 0 Å². The second-order valence-electron chi connectivity index (χ2n) is 15.6. The third kappa shape index (κ3) is 6.02. The Bertz CT molecular complexity index is 1240. The summed E-state index contributed by atoms with van der Waals surface area (Å²) in [6, 6.07) is 7.75. The second kappa shape index (κ2) is 13.0. The van der Waals surface area contributed by atoms with E-state index in [1.807, 2.05) is 29.2 Å². The molecule has 4 saturated carbocycles. The quantitative estimate of drug-likeness (QED) is 0.349. The molecule has 0 aromatic heterocycles. The number of rotatable bonds is 7. The van der Waals surface area contributed by atoms with Crippen molar-refractivity contribution in [2.45, 2.75) is 96.9 Å². The Morgan fingerprint density at radius 1 is 1.00 bits per heavy atom. The van der Waals surface area contributed by atoms with E-state index in [1.54, 1.807) is 0 Å². The number of halogens is 1. The number of aliphatic hydroxyl groups excluding tert-OH is 3. The van der Waals surface area contributed by atoms with E-state index in [-0.39, 0.29) is 71.0 Å². The predicted octanol–water partition coefficient (Wildman–Crippen LogP) is 4.48. The molecular formula is C36H54ClN3O5. The van der Waals surface area contributed by atoms with Gasteiger partial charge < -0.3 is 30.4 Å². The molecule has 9 heteroatoms. The number of piperazine rings is 1. The van der Waals surface area contributed by atoms with Crippen LogP contribution in [0.25, 0.3) is 0 Å². The number of hydrogen-bond donors (Lipinski definition) is 4. The second-order valence-corrected chi connectivity index (χ2v) is 16.0. The molecule has 4 N–H and O–H groups in total. The fourth-order valence-electron chi connectivity index (χ4n) is 11.0. The van der Waals surface area contributed by atoms with Crippen molar-refractivity contribution in [3.05, 3.63) is 29.3 Å². The normalized spacial score (nSPS) is 40.2. The van der Waals surface area contributed by atoms with Crippen LogP contribution in [-0.4, -0.2) is 83.1 Å². The van der Waals surface area contributed by atoms with E-state index in [0.717, 1.165) is 50.6 Å². The summed E-state index contributed by atoms with van der Waals surface area (Å²) < 4.78 is 0. The zero-order valence-electron chi connectivity index (χ0n) is 27.3. The van der Waals surface area contributed by atoms with E-state index >= 15 is 0 Å². The highest BCUT2D eigenvalue weighted by molar-refractivity contribution is 6.33. The van der Waals surface area contributed by atoms with Gasteiger partial charge in [-0.15, -0.1) is 0 Å². The van der Waals surface area contributed by atoms with Gasteiger partial charge in [0.05, 0.1) is 35.6 Å². The van der Waals surface area contributed by atoms with Crippen LogP contribution in [0.15, 0.2) is 24.3 Å². The van der Waals surface area contributed by atoms with E-state index in [4.69, 9.17) is 11.6 Å². The van der Waals surface area contributed by atoms with Crippen LogP contribution in [0.1, 0.15) is 78.6 Å². The number of anilines is 1. The SMILES string of the molecule is C[C@H](CCC(=O)NCC(=O)N1CCN(c2ccccc2Cl)CC1)[C@H]1CC[C@H]2[C@@H]3[C@H](O)C[C@@H]4C[C@H](O)CC[C@]4(C)[C@H]3C[C@H](O)[C@]12C. The summed E-state index contributed by atoms with van der Waals surface area (Å²) in [7, 11) is 0. The van der Waals surface area contributed by atoms with E-state index in [1.165, 1.54) is 0 Å². The van der Waals surface area contributed by atoms with Crippen LogP contribution in [-0.2, 0) is 9.59 Å². The van der Waals surface area contributed by atoms with Gasteiger partial charge in [-0.25, -0.2) is 0 Å². The van der Waals surface area contributed by atoms with E-state index in [9.17, 15) is 24.9 Å². The van der Waals surface area contributed by atoms with Crippen molar-refractivity contribution in [1.82, 2.24) is 10.2 Å². The van der Waals surface area contributed by atoms with Gasteiger partial charge in [-0.2, -0.15) is 0 Å².